The van der Waals surface area contributed by atoms with Gasteiger partial charge in [0.25, 0.3) is 0 Å². The van der Waals surface area contributed by atoms with Crippen molar-refractivity contribution in [2.75, 3.05) is 26.2 Å². The van der Waals surface area contributed by atoms with Gasteiger partial charge in [0.2, 0.25) is 11.8 Å². The highest BCUT2D eigenvalue weighted by Crippen LogP contribution is 2.28. The van der Waals surface area contributed by atoms with Gasteiger partial charge in [-0.2, -0.15) is 0 Å². The van der Waals surface area contributed by atoms with Gasteiger partial charge in [0.1, 0.15) is 18.5 Å². The summed E-state index contributed by atoms with van der Waals surface area (Å²) >= 11 is 0. The Kier molecular flexibility index (Phi) is 8.57. The molecule has 1 aromatic heterocycles. The number of carbonyl (C=O) groups is 2. The van der Waals surface area contributed by atoms with E-state index in [0.717, 1.165) is 5.56 Å². The summed E-state index contributed by atoms with van der Waals surface area (Å²) in [6.45, 7) is 11.6. The fraction of sp³-hybridized carbons (Fsp3) is 0.739. The van der Waals surface area contributed by atoms with Crippen molar-refractivity contribution in [3.05, 3.63) is 11.9 Å². The molecule has 0 saturated carbocycles. The zero-order valence-corrected chi connectivity index (χ0v) is 20.3. The van der Waals surface area contributed by atoms with E-state index in [0.29, 0.717) is 63.6 Å². The molecule has 0 aliphatic carbocycles. The molecular formula is C23H36N4O6. The van der Waals surface area contributed by atoms with Crippen LogP contribution in [-0.2, 0) is 9.47 Å². The minimum Gasteiger partial charge on any atom is -0.474 e. The van der Waals surface area contributed by atoms with Gasteiger partial charge in [0, 0.05) is 51.9 Å². The fourth-order valence-electron chi connectivity index (χ4n) is 3.84. The Hall–Kier alpha value is -2.78. The Bertz CT molecular complexity index is 740. The van der Waals surface area contributed by atoms with Crippen LogP contribution in [0.2, 0.25) is 0 Å². The highest BCUT2D eigenvalue weighted by atomic mass is 16.6. The summed E-state index contributed by atoms with van der Waals surface area (Å²) < 4.78 is 22.8. The third kappa shape index (κ3) is 7.10. The van der Waals surface area contributed by atoms with Crippen LogP contribution in [0.25, 0.3) is 0 Å². The molecule has 0 unspecified atom stereocenters. The first-order valence-corrected chi connectivity index (χ1v) is 11.8. The maximum Gasteiger partial charge on any atom is 0.410 e. The molecule has 3 heterocycles. The van der Waals surface area contributed by atoms with Gasteiger partial charge in [0.05, 0.1) is 17.8 Å². The Morgan fingerprint density at radius 2 is 1.15 bits per heavy atom. The predicted octanol–water partition coefficient (Wildman–Crippen LogP) is 3.56. The van der Waals surface area contributed by atoms with E-state index < -0.39 is 0 Å². The van der Waals surface area contributed by atoms with Gasteiger partial charge in [-0.25, -0.2) is 19.6 Å². The van der Waals surface area contributed by atoms with Crippen LogP contribution in [0.3, 0.4) is 0 Å². The number of amides is 2. The molecule has 0 N–H and O–H groups in total. The molecular weight excluding hydrogens is 428 g/mol. The SMILES string of the molecule is Cc1c(OC2CCN(C(=O)OC(C)C)CC2)ncnc1OC1CCN(C(=O)OC(C)C)CC1. The second kappa shape index (κ2) is 11.4. The maximum atomic E-state index is 12.1. The predicted molar refractivity (Wildman–Crippen MR) is 120 cm³/mol. The smallest absolute Gasteiger partial charge is 0.410 e. The van der Waals surface area contributed by atoms with Gasteiger partial charge >= 0.3 is 12.2 Å². The quantitative estimate of drug-likeness (QED) is 0.630. The molecule has 0 radical (unpaired) electrons. The lowest BCUT2D eigenvalue weighted by Crippen LogP contribution is -2.43. The molecule has 2 fully saturated rings. The number of rotatable bonds is 6. The number of likely N-dealkylation sites (tertiary alicyclic amines) is 2. The number of ether oxygens (including phenoxy) is 4. The Balaban J connectivity index is 1.49. The summed E-state index contributed by atoms with van der Waals surface area (Å²) in [5, 5.41) is 0. The molecule has 10 nitrogen and oxygen atoms in total. The first-order chi connectivity index (χ1) is 15.7. The third-order valence-corrected chi connectivity index (χ3v) is 5.62. The molecule has 2 aliphatic heterocycles. The number of carbonyl (C=O) groups excluding carboxylic acids is 2. The van der Waals surface area contributed by atoms with Crippen LogP contribution < -0.4 is 9.47 Å². The number of nitrogens with zero attached hydrogens (tertiary/aromatic N) is 4. The molecule has 33 heavy (non-hydrogen) atoms. The molecule has 0 spiro atoms. The molecule has 2 saturated heterocycles. The van der Waals surface area contributed by atoms with E-state index in [1.807, 2.05) is 34.6 Å². The molecule has 3 rings (SSSR count). The summed E-state index contributed by atoms with van der Waals surface area (Å²) in [6, 6.07) is 0. The molecule has 0 bridgehead atoms. The van der Waals surface area contributed by atoms with Gasteiger partial charge < -0.3 is 28.7 Å². The highest BCUT2D eigenvalue weighted by Gasteiger charge is 2.28. The summed E-state index contributed by atoms with van der Waals surface area (Å²) in [4.78, 5) is 36.1. The van der Waals surface area contributed by atoms with Crippen molar-refractivity contribution >= 4 is 12.2 Å². The van der Waals surface area contributed by atoms with E-state index in [4.69, 9.17) is 18.9 Å². The number of hydrogen-bond donors (Lipinski definition) is 0. The standard InChI is InChI=1S/C23H36N4O6/c1-15(2)30-22(28)26-10-6-18(7-11-26)32-20-17(5)21(25-14-24-20)33-19-8-12-27(13-9-19)23(29)31-16(3)4/h14-16,18-19H,6-13H2,1-5H3. The van der Waals surface area contributed by atoms with Crippen LogP contribution in [0.4, 0.5) is 9.59 Å². The van der Waals surface area contributed by atoms with Crippen LogP contribution in [0.5, 0.6) is 11.8 Å². The monoisotopic (exact) mass is 464 g/mol. The first-order valence-electron chi connectivity index (χ1n) is 11.8. The van der Waals surface area contributed by atoms with E-state index in [1.54, 1.807) is 9.80 Å². The number of aromatic nitrogens is 2. The van der Waals surface area contributed by atoms with Gasteiger partial charge in [-0.1, -0.05) is 0 Å². The van der Waals surface area contributed by atoms with Crippen molar-refractivity contribution in [3.63, 3.8) is 0 Å². The summed E-state index contributed by atoms with van der Waals surface area (Å²) in [7, 11) is 0. The summed E-state index contributed by atoms with van der Waals surface area (Å²) in [6.07, 6.45) is 3.38. The minimum absolute atomic E-state index is 0.0373. The topological polar surface area (TPSA) is 103 Å². The third-order valence-electron chi connectivity index (χ3n) is 5.62. The summed E-state index contributed by atoms with van der Waals surface area (Å²) in [5.74, 6) is 1.00. The fourth-order valence-corrected chi connectivity index (χ4v) is 3.84. The van der Waals surface area contributed by atoms with Crippen molar-refractivity contribution in [1.29, 1.82) is 0 Å². The van der Waals surface area contributed by atoms with Crippen molar-refractivity contribution in [2.45, 2.75) is 84.7 Å². The van der Waals surface area contributed by atoms with Gasteiger partial charge in [-0.3, -0.25) is 0 Å². The Morgan fingerprint density at radius 3 is 1.48 bits per heavy atom. The van der Waals surface area contributed by atoms with Gasteiger partial charge in [-0.15, -0.1) is 0 Å². The van der Waals surface area contributed by atoms with Crippen LogP contribution >= 0.6 is 0 Å². The lowest BCUT2D eigenvalue weighted by molar-refractivity contribution is 0.0492. The number of piperidine rings is 2. The van der Waals surface area contributed by atoms with Crippen LogP contribution in [-0.4, -0.2) is 82.5 Å². The van der Waals surface area contributed by atoms with Gasteiger partial charge in [-0.05, 0) is 34.6 Å². The average Bonchev–Trinajstić information content (AvgIpc) is 2.76. The number of hydrogen-bond acceptors (Lipinski definition) is 8. The zero-order valence-electron chi connectivity index (χ0n) is 20.3. The largest absolute Gasteiger partial charge is 0.474 e. The molecule has 1 aromatic rings. The highest BCUT2D eigenvalue weighted by molar-refractivity contribution is 5.68. The van der Waals surface area contributed by atoms with Crippen molar-refractivity contribution in [2.24, 2.45) is 0 Å². The Labute approximate surface area is 195 Å². The first kappa shape index (κ1) is 24.9. The molecule has 184 valence electrons. The molecule has 10 heteroatoms. The van der Waals surface area contributed by atoms with E-state index in [9.17, 15) is 9.59 Å². The van der Waals surface area contributed by atoms with Crippen molar-refractivity contribution < 1.29 is 28.5 Å². The van der Waals surface area contributed by atoms with E-state index in [-0.39, 0.29) is 36.6 Å². The molecule has 0 aromatic carbocycles. The van der Waals surface area contributed by atoms with E-state index in [2.05, 4.69) is 9.97 Å². The second-order valence-electron chi connectivity index (χ2n) is 9.08. The van der Waals surface area contributed by atoms with E-state index in [1.165, 1.54) is 6.33 Å². The van der Waals surface area contributed by atoms with Crippen LogP contribution in [0.15, 0.2) is 6.33 Å². The lowest BCUT2D eigenvalue weighted by Gasteiger charge is -2.32. The molecule has 2 amide bonds. The van der Waals surface area contributed by atoms with Crippen LogP contribution in [0, 0.1) is 6.92 Å². The Morgan fingerprint density at radius 1 is 0.788 bits per heavy atom. The summed E-state index contributed by atoms with van der Waals surface area (Å²) in [5.41, 5.74) is 0.751. The minimum atomic E-state index is -0.277. The molecule has 0 atom stereocenters. The van der Waals surface area contributed by atoms with Crippen molar-refractivity contribution in [1.82, 2.24) is 19.8 Å². The molecule has 2 aliphatic rings. The van der Waals surface area contributed by atoms with E-state index >= 15 is 0 Å². The van der Waals surface area contributed by atoms with Crippen molar-refractivity contribution in [3.8, 4) is 11.8 Å². The average molecular weight is 465 g/mol. The zero-order chi connectivity index (χ0) is 24.0. The second-order valence-corrected chi connectivity index (χ2v) is 9.08. The van der Waals surface area contributed by atoms with Crippen LogP contribution in [0.1, 0.15) is 58.9 Å². The maximum absolute atomic E-state index is 12.1. The van der Waals surface area contributed by atoms with Gasteiger partial charge in [0.15, 0.2) is 0 Å². The lowest BCUT2D eigenvalue weighted by atomic mass is 10.1. The normalized spacial score (nSPS) is 17.9.